The molecule has 1 N–H and O–H groups in total. The molecule has 0 aliphatic heterocycles. The molecule has 0 saturated heterocycles. The Bertz CT molecular complexity index is 324. The van der Waals surface area contributed by atoms with Crippen LogP contribution in [0, 0.1) is 0 Å². The fourth-order valence-electron chi connectivity index (χ4n) is 1.84. The normalized spacial score (nSPS) is 12.4. The molecule has 1 aromatic carbocycles. The lowest BCUT2D eigenvalue weighted by atomic mass is 10.1. The highest BCUT2D eigenvalue weighted by Crippen LogP contribution is 2.17. The first-order valence-corrected chi connectivity index (χ1v) is 7.23. The van der Waals surface area contributed by atoms with E-state index in [4.69, 9.17) is 9.47 Å². The zero-order chi connectivity index (χ0) is 13.9. The molecule has 1 rings (SSSR count). The Hall–Kier alpha value is -1.06. The van der Waals surface area contributed by atoms with Gasteiger partial charge in [-0.15, -0.1) is 0 Å². The maximum Gasteiger partial charge on any atom is 0.119 e. The first-order chi connectivity index (χ1) is 9.27. The Morgan fingerprint density at radius 2 is 1.84 bits per heavy atom. The third-order valence-electron chi connectivity index (χ3n) is 3.12. The molecule has 0 aliphatic carbocycles. The van der Waals surface area contributed by atoms with E-state index in [2.05, 4.69) is 43.4 Å². The third-order valence-corrected chi connectivity index (χ3v) is 3.12. The van der Waals surface area contributed by atoms with Gasteiger partial charge in [-0.2, -0.15) is 0 Å². The summed E-state index contributed by atoms with van der Waals surface area (Å²) in [5.41, 5.74) is 1.29. The number of hydrogen-bond acceptors (Lipinski definition) is 3. The van der Waals surface area contributed by atoms with E-state index in [-0.39, 0.29) is 0 Å². The van der Waals surface area contributed by atoms with E-state index in [1.54, 1.807) is 7.11 Å². The Kier molecular flexibility index (Phi) is 8.26. The van der Waals surface area contributed by atoms with Crippen LogP contribution in [0.3, 0.4) is 0 Å². The molecule has 0 bridgehead atoms. The maximum atomic E-state index is 5.66. The van der Waals surface area contributed by atoms with Crippen LogP contribution >= 0.6 is 0 Å². The molecule has 0 amide bonds. The lowest BCUT2D eigenvalue weighted by Crippen LogP contribution is -2.20. The second-order valence-electron chi connectivity index (χ2n) is 4.79. The summed E-state index contributed by atoms with van der Waals surface area (Å²) >= 11 is 0. The van der Waals surface area contributed by atoms with Crippen LogP contribution in [0.4, 0.5) is 0 Å². The smallest absolute Gasteiger partial charge is 0.119 e. The first-order valence-electron chi connectivity index (χ1n) is 7.23. The van der Waals surface area contributed by atoms with Crippen LogP contribution in [0.5, 0.6) is 5.75 Å². The summed E-state index contributed by atoms with van der Waals surface area (Å²) in [7, 11) is 1.74. The van der Waals surface area contributed by atoms with E-state index in [1.165, 1.54) is 12.0 Å². The molecule has 1 atom stereocenters. The van der Waals surface area contributed by atoms with E-state index in [1.807, 2.05) is 0 Å². The molecule has 0 unspecified atom stereocenters. The monoisotopic (exact) mass is 265 g/mol. The predicted molar refractivity (Wildman–Crippen MR) is 79.8 cm³/mol. The molecule has 0 fully saturated rings. The van der Waals surface area contributed by atoms with Gasteiger partial charge in [0.25, 0.3) is 0 Å². The van der Waals surface area contributed by atoms with Crippen LogP contribution in [-0.2, 0) is 4.74 Å². The van der Waals surface area contributed by atoms with Gasteiger partial charge in [0.05, 0.1) is 6.61 Å². The summed E-state index contributed by atoms with van der Waals surface area (Å²) in [5, 5.41) is 3.48. The zero-order valence-corrected chi connectivity index (χ0v) is 12.4. The lowest BCUT2D eigenvalue weighted by molar-refractivity contribution is 0.193. The van der Waals surface area contributed by atoms with Gasteiger partial charge in [-0.1, -0.05) is 25.5 Å². The van der Waals surface area contributed by atoms with Gasteiger partial charge in [0.15, 0.2) is 0 Å². The molecule has 0 aliphatic rings. The van der Waals surface area contributed by atoms with E-state index in [0.29, 0.717) is 6.04 Å². The third kappa shape index (κ3) is 6.60. The number of ether oxygens (including phenoxy) is 2. The SMILES string of the molecule is CCCCOc1ccc([C@@H](C)NCCCOC)cc1. The van der Waals surface area contributed by atoms with Crippen molar-refractivity contribution in [2.24, 2.45) is 0 Å². The Morgan fingerprint density at radius 3 is 2.47 bits per heavy atom. The summed E-state index contributed by atoms with van der Waals surface area (Å²) in [6.45, 7) is 6.94. The van der Waals surface area contributed by atoms with E-state index < -0.39 is 0 Å². The van der Waals surface area contributed by atoms with Crippen molar-refractivity contribution in [2.75, 3.05) is 26.9 Å². The Labute approximate surface area is 117 Å². The van der Waals surface area contributed by atoms with Crippen LogP contribution < -0.4 is 10.1 Å². The van der Waals surface area contributed by atoms with E-state index in [9.17, 15) is 0 Å². The number of nitrogens with one attached hydrogen (secondary N) is 1. The highest BCUT2D eigenvalue weighted by molar-refractivity contribution is 5.28. The fourth-order valence-corrected chi connectivity index (χ4v) is 1.84. The zero-order valence-electron chi connectivity index (χ0n) is 12.4. The number of methoxy groups -OCH3 is 1. The minimum Gasteiger partial charge on any atom is -0.494 e. The van der Waals surface area contributed by atoms with Gasteiger partial charge in [-0.25, -0.2) is 0 Å². The van der Waals surface area contributed by atoms with Crippen LogP contribution in [0.15, 0.2) is 24.3 Å². The van der Waals surface area contributed by atoms with Crippen LogP contribution in [0.2, 0.25) is 0 Å². The average Bonchev–Trinajstić information content (AvgIpc) is 2.44. The van der Waals surface area contributed by atoms with Gasteiger partial charge in [0.1, 0.15) is 5.75 Å². The molecule has 1 aromatic rings. The van der Waals surface area contributed by atoms with Gasteiger partial charge in [-0.05, 0) is 44.0 Å². The van der Waals surface area contributed by atoms with Gasteiger partial charge in [0, 0.05) is 19.8 Å². The summed E-state index contributed by atoms with van der Waals surface area (Å²) in [6, 6.07) is 8.74. The molecule has 0 spiro atoms. The van der Waals surface area contributed by atoms with Crippen molar-refractivity contribution < 1.29 is 9.47 Å². The minimum absolute atomic E-state index is 0.363. The van der Waals surface area contributed by atoms with Crippen LogP contribution in [0.1, 0.15) is 44.7 Å². The standard InChI is InChI=1S/C16H27NO2/c1-4-5-13-19-16-9-7-15(8-10-16)14(2)17-11-6-12-18-3/h7-10,14,17H,4-6,11-13H2,1-3H3/t14-/m1/s1. The number of unbranched alkanes of at least 4 members (excludes halogenated alkanes) is 1. The molecule has 108 valence electrons. The largest absolute Gasteiger partial charge is 0.494 e. The Balaban J connectivity index is 2.33. The van der Waals surface area contributed by atoms with Crippen LogP contribution in [-0.4, -0.2) is 26.9 Å². The fraction of sp³-hybridized carbons (Fsp3) is 0.625. The van der Waals surface area contributed by atoms with Crippen LogP contribution in [0.25, 0.3) is 0 Å². The van der Waals surface area contributed by atoms with Gasteiger partial charge in [0.2, 0.25) is 0 Å². The second kappa shape index (κ2) is 9.82. The van der Waals surface area contributed by atoms with Gasteiger partial charge in [-0.3, -0.25) is 0 Å². The highest BCUT2D eigenvalue weighted by atomic mass is 16.5. The highest BCUT2D eigenvalue weighted by Gasteiger charge is 2.04. The molecule has 19 heavy (non-hydrogen) atoms. The van der Waals surface area contributed by atoms with Gasteiger partial charge < -0.3 is 14.8 Å². The molecule has 3 heteroatoms. The molecule has 0 saturated carbocycles. The number of benzene rings is 1. The van der Waals surface area contributed by atoms with E-state index >= 15 is 0 Å². The van der Waals surface area contributed by atoms with Crippen molar-refractivity contribution in [1.82, 2.24) is 5.32 Å². The lowest BCUT2D eigenvalue weighted by Gasteiger charge is -2.14. The van der Waals surface area contributed by atoms with Crippen molar-refractivity contribution in [3.63, 3.8) is 0 Å². The molecule has 0 aromatic heterocycles. The average molecular weight is 265 g/mol. The van der Waals surface area contributed by atoms with Gasteiger partial charge >= 0.3 is 0 Å². The summed E-state index contributed by atoms with van der Waals surface area (Å²) in [6.07, 6.45) is 3.32. The summed E-state index contributed by atoms with van der Waals surface area (Å²) in [4.78, 5) is 0. The minimum atomic E-state index is 0.363. The number of hydrogen-bond donors (Lipinski definition) is 1. The predicted octanol–water partition coefficient (Wildman–Crippen LogP) is 3.55. The first kappa shape index (κ1) is 16.0. The quantitative estimate of drug-likeness (QED) is 0.656. The van der Waals surface area contributed by atoms with Crippen molar-refractivity contribution in [3.05, 3.63) is 29.8 Å². The van der Waals surface area contributed by atoms with Crippen molar-refractivity contribution >= 4 is 0 Å². The topological polar surface area (TPSA) is 30.5 Å². The second-order valence-corrected chi connectivity index (χ2v) is 4.79. The summed E-state index contributed by atoms with van der Waals surface area (Å²) < 4.78 is 10.7. The number of rotatable bonds is 10. The molecule has 0 radical (unpaired) electrons. The maximum absolute atomic E-state index is 5.66. The molecular formula is C16H27NO2. The molecule has 0 heterocycles. The van der Waals surface area contributed by atoms with E-state index in [0.717, 1.165) is 38.3 Å². The molecular weight excluding hydrogens is 238 g/mol. The van der Waals surface area contributed by atoms with Crippen molar-refractivity contribution in [2.45, 2.75) is 39.2 Å². The van der Waals surface area contributed by atoms with Crippen molar-refractivity contribution in [3.8, 4) is 5.75 Å². The summed E-state index contributed by atoms with van der Waals surface area (Å²) in [5.74, 6) is 0.962. The van der Waals surface area contributed by atoms with Crippen molar-refractivity contribution in [1.29, 1.82) is 0 Å². The Morgan fingerprint density at radius 1 is 1.11 bits per heavy atom. The molecule has 3 nitrogen and oxygen atoms in total.